The zero-order chi connectivity index (χ0) is 6.85. The molecule has 0 aromatic carbocycles. The van der Waals surface area contributed by atoms with Crippen molar-refractivity contribution in [1.29, 1.82) is 0 Å². The number of rotatable bonds is 0. The van der Waals surface area contributed by atoms with Gasteiger partial charge in [0.05, 0.1) is 6.04 Å². The van der Waals surface area contributed by atoms with Gasteiger partial charge >= 0.3 is 6.03 Å². The molecule has 1 unspecified atom stereocenters. The maximum atomic E-state index is 12.3. The van der Waals surface area contributed by atoms with Crippen LogP contribution >= 0.6 is 0 Å². The topological polar surface area (TPSA) is 41.1 Å². The Morgan fingerprint density at radius 1 is 1.78 bits per heavy atom. The molecule has 0 spiro atoms. The summed E-state index contributed by atoms with van der Waals surface area (Å²) in [6, 6.07) is -0.845. The van der Waals surface area contributed by atoms with Crippen LogP contribution in [0.1, 0.15) is 6.92 Å². The lowest BCUT2D eigenvalue weighted by Crippen LogP contribution is -2.43. The molecule has 0 bridgehead atoms. The summed E-state index contributed by atoms with van der Waals surface area (Å²) < 4.78 is 12.3. The average molecular weight is 129 g/mol. The minimum atomic E-state index is -0.487. The molecule has 3 nitrogen and oxygen atoms in total. The van der Waals surface area contributed by atoms with E-state index in [2.05, 4.69) is 10.6 Å². The second-order valence-corrected chi connectivity index (χ2v) is 1.87. The average Bonchev–Trinajstić information content (AvgIpc) is 1.80. The molecular formula is C5H7FN2O. The van der Waals surface area contributed by atoms with Crippen molar-refractivity contribution in [2.75, 3.05) is 0 Å². The van der Waals surface area contributed by atoms with Crippen LogP contribution in [-0.4, -0.2) is 12.1 Å². The molecule has 1 aliphatic heterocycles. The van der Waals surface area contributed by atoms with Crippen molar-refractivity contribution in [2.45, 2.75) is 13.0 Å². The summed E-state index contributed by atoms with van der Waals surface area (Å²) in [5.41, 5.74) is 0. The molecule has 2 N–H and O–H groups in total. The van der Waals surface area contributed by atoms with E-state index in [4.69, 9.17) is 0 Å². The van der Waals surface area contributed by atoms with Crippen LogP contribution in [-0.2, 0) is 0 Å². The van der Waals surface area contributed by atoms with Crippen molar-refractivity contribution in [3.8, 4) is 0 Å². The van der Waals surface area contributed by atoms with Gasteiger partial charge in [0.25, 0.3) is 0 Å². The van der Waals surface area contributed by atoms with Gasteiger partial charge in [0, 0.05) is 6.20 Å². The van der Waals surface area contributed by atoms with Crippen LogP contribution in [0.5, 0.6) is 0 Å². The first kappa shape index (κ1) is 6.07. The van der Waals surface area contributed by atoms with Crippen LogP contribution in [0.25, 0.3) is 0 Å². The quantitative estimate of drug-likeness (QED) is 0.491. The number of halogens is 1. The first-order valence-corrected chi connectivity index (χ1v) is 2.63. The molecule has 1 atom stereocenters. The third kappa shape index (κ3) is 1.19. The third-order valence-corrected chi connectivity index (χ3v) is 1.10. The molecule has 0 fully saturated rings. The maximum Gasteiger partial charge on any atom is 0.319 e. The van der Waals surface area contributed by atoms with Gasteiger partial charge in [0.2, 0.25) is 0 Å². The number of urea groups is 1. The molecular weight excluding hydrogens is 122 g/mol. The highest BCUT2D eigenvalue weighted by Crippen LogP contribution is 2.04. The van der Waals surface area contributed by atoms with Crippen molar-refractivity contribution >= 4 is 6.03 Å². The van der Waals surface area contributed by atoms with Gasteiger partial charge in [0.1, 0.15) is 5.83 Å². The highest BCUT2D eigenvalue weighted by molar-refractivity contribution is 5.76. The second-order valence-electron chi connectivity index (χ2n) is 1.87. The zero-order valence-electron chi connectivity index (χ0n) is 4.94. The highest BCUT2D eigenvalue weighted by Gasteiger charge is 2.15. The molecule has 1 rings (SSSR count). The summed E-state index contributed by atoms with van der Waals surface area (Å²) in [7, 11) is 0. The van der Waals surface area contributed by atoms with Crippen LogP contribution in [0.4, 0.5) is 9.18 Å². The van der Waals surface area contributed by atoms with Crippen molar-refractivity contribution in [1.82, 2.24) is 10.6 Å². The number of nitrogens with one attached hydrogen (secondary N) is 2. The van der Waals surface area contributed by atoms with Crippen LogP contribution in [0.15, 0.2) is 12.0 Å². The van der Waals surface area contributed by atoms with Gasteiger partial charge in [-0.15, -0.1) is 0 Å². The molecule has 0 saturated carbocycles. The van der Waals surface area contributed by atoms with Crippen LogP contribution in [0.2, 0.25) is 0 Å². The smallest absolute Gasteiger partial charge is 0.319 e. The van der Waals surface area contributed by atoms with Gasteiger partial charge in [-0.25, -0.2) is 9.18 Å². The minimum Gasteiger partial charge on any atom is -0.329 e. The number of hydrogen-bond acceptors (Lipinski definition) is 1. The standard InChI is InChI=1S/C5H7FN2O/c1-3-4(6)2-7-5(9)8-3/h2-3H,1H3,(H2,7,8,9)/i6-1. The largest absolute Gasteiger partial charge is 0.329 e. The van der Waals surface area contributed by atoms with Crippen molar-refractivity contribution in [2.24, 2.45) is 0 Å². The molecule has 4 heteroatoms. The predicted octanol–water partition coefficient (Wildman–Crippen LogP) is 0.499. The number of carbonyl (C=O) groups excluding carboxylic acids is 1. The van der Waals surface area contributed by atoms with E-state index in [-0.39, 0.29) is 11.9 Å². The summed E-state index contributed by atoms with van der Waals surface area (Å²) in [4.78, 5) is 10.4. The third-order valence-electron chi connectivity index (χ3n) is 1.10. The summed E-state index contributed by atoms with van der Waals surface area (Å²) in [5.74, 6) is -0.352. The van der Waals surface area contributed by atoms with E-state index in [0.29, 0.717) is 0 Å². The van der Waals surface area contributed by atoms with E-state index in [1.807, 2.05) is 0 Å². The Balaban J connectivity index is 2.67. The molecule has 0 aromatic rings. The van der Waals surface area contributed by atoms with Gasteiger partial charge in [-0.3, -0.25) is 0 Å². The lowest BCUT2D eigenvalue weighted by molar-refractivity contribution is 0.238. The highest BCUT2D eigenvalue weighted by atomic mass is 18.2. The lowest BCUT2D eigenvalue weighted by atomic mass is 10.3. The van der Waals surface area contributed by atoms with Gasteiger partial charge in [-0.05, 0) is 6.92 Å². The Kier molecular flexibility index (Phi) is 1.38. The van der Waals surface area contributed by atoms with E-state index < -0.39 is 6.04 Å². The monoisotopic (exact) mass is 129 g/mol. The van der Waals surface area contributed by atoms with Gasteiger partial charge < -0.3 is 10.6 Å². The van der Waals surface area contributed by atoms with Crippen molar-refractivity contribution in [3.05, 3.63) is 12.0 Å². The Morgan fingerprint density at radius 2 is 2.44 bits per heavy atom. The molecule has 0 aromatic heterocycles. The minimum absolute atomic E-state index is 0.352. The van der Waals surface area contributed by atoms with Crippen LogP contribution < -0.4 is 10.6 Å². The maximum absolute atomic E-state index is 12.3. The Morgan fingerprint density at radius 3 is 2.89 bits per heavy atom. The molecule has 0 saturated heterocycles. The Bertz CT molecular complexity index is 166. The SMILES string of the molecule is CC1NC(=O)NC=C1[18F]. The van der Waals surface area contributed by atoms with E-state index in [0.717, 1.165) is 6.20 Å². The molecule has 0 radical (unpaired) electrons. The fourth-order valence-corrected chi connectivity index (χ4v) is 0.567. The first-order valence-electron chi connectivity index (χ1n) is 2.63. The fourth-order valence-electron chi connectivity index (χ4n) is 0.567. The summed E-state index contributed by atoms with van der Waals surface area (Å²) in [5, 5.41) is 4.51. The number of hydrogen-bond donors (Lipinski definition) is 2. The van der Waals surface area contributed by atoms with Crippen LogP contribution in [0.3, 0.4) is 0 Å². The molecule has 50 valence electrons. The zero-order valence-corrected chi connectivity index (χ0v) is 4.94. The predicted molar refractivity (Wildman–Crippen MR) is 30.3 cm³/mol. The first-order chi connectivity index (χ1) is 4.20. The molecule has 1 aliphatic rings. The molecule has 2 amide bonds. The van der Waals surface area contributed by atoms with Gasteiger partial charge in [-0.1, -0.05) is 0 Å². The number of carbonyl (C=O) groups is 1. The fraction of sp³-hybridized carbons (Fsp3) is 0.400. The van der Waals surface area contributed by atoms with Crippen molar-refractivity contribution < 1.29 is 9.18 Å². The Labute approximate surface area is 51.9 Å². The Hall–Kier alpha value is -1.06. The van der Waals surface area contributed by atoms with Gasteiger partial charge in [-0.2, -0.15) is 0 Å². The summed E-state index contributed by atoms with van der Waals surface area (Å²) in [6.07, 6.45) is 1.06. The van der Waals surface area contributed by atoms with E-state index in [1.54, 1.807) is 6.92 Å². The van der Waals surface area contributed by atoms with E-state index in [9.17, 15) is 9.18 Å². The van der Waals surface area contributed by atoms with E-state index in [1.165, 1.54) is 0 Å². The van der Waals surface area contributed by atoms with Gasteiger partial charge in [0.15, 0.2) is 0 Å². The normalized spacial score (nSPS) is 26.2. The molecule has 0 aliphatic carbocycles. The second kappa shape index (κ2) is 2.05. The van der Waals surface area contributed by atoms with Crippen molar-refractivity contribution in [3.63, 3.8) is 0 Å². The summed E-state index contributed by atoms with van der Waals surface area (Å²) >= 11 is 0. The molecule has 1 heterocycles. The van der Waals surface area contributed by atoms with E-state index >= 15 is 0 Å². The van der Waals surface area contributed by atoms with Crippen LogP contribution in [0, 0.1) is 0 Å². The molecule has 9 heavy (non-hydrogen) atoms. The lowest BCUT2D eigenvalue weighted by Gasteiger charge is -2.16. The summed E-state index contributed by atoms with van der Waals surface area (Å²) in [6.45, 7) is 1.57. The number of amides is 2.